The van der Waals surface area contributed by atoms with Gasteiger partial charge in [-0.3, -0.25) is 0 Å². The average Bonchev–Trinajstić information content (AvgIpc) is 2.46. The highest BCUT2D eigenvalue weighted by atomic mass is 79.9. The first-order valence-corrected chi connectivity index (χ1v) is 7.10. The van der Waals surface area contributed by atoms with Gasteiger partial charge in [0.25, 0.3) is 0 Å². The summed E-state index contributed by atoms with van der Waals surface area (Å²) in [5, 5.41) is 0. The van der Waals surface area contributed by atoms with Crippen molar-refractivity contribution in [3.63, 3.8) is 0 Å². The fourth-order valence-electron chi connectivity index (χ4n) is 2.06. The Balaban J connectivity index is 2.45. The van der Waals surface area contributed by atoms with Gasteiger partial charge in [-0.15, -0.1) is 0 Å². The topological polar surface area (TPSA) is 18.5 Å². The Bertz CT molecular complexity index is 613. The fourth-order valence-corrected chi connectivity index (χ4v) is 2.79. The second-order valence-electron chi connectivity index (χ2n) is 4.50. The predicted molar refractivity (Wildman–Crippen MR) is 81.5 cm³/mol. The van der Waals surface area contributed by atoms with E-state index in [-0.39, 0.29) is 10.6 Å². The smallest absolute Gasteiger partial charge is 0.131 e. The highest BCUT2D eigenvalue weighted by Crippen LogP contribution is 2.38. The fraction of sp³-hybridized carbons (Fsp3) is 0.250. The molecule has 0 heterocycles. The lowest BCUT2D eigenvalue weighted by atomic mass is 10.0. The molecule has 2 aromatic rings. The van der Waals surface area contributed by atoms with Crippen molar-refractivity contribution in [2.24, 2.45) is 0 Å². The maximum Gasteiger partial charge on any atom is 0.131 e. The summed E-state index contributed by atoms with van der Waals surface area (Å²) in [7, 11) is 3.13. The lowest BCUT2D eigenvalue weighted by molar-refractivity contribution is 0.408. The lowest BCUT2D eigenvalue weighted by Crippen LogP contribution is -2.00. The summed E-state index contributed by atoms with van der Waals surface area (Å²) >= 11 is 3.56. The zero-order valence-corrected chi connectivity index (χ0v) is 13.2. The molecule has 1 unspecified atom stereocenters. The first kappa shape index (κ1) is 14.9. The number of ether oxygens (including phenoxy) is 2. The minimum Gasteiger partial charge on any atom is -0.497 e. The Labute approximate surface area is 126 Å². The molecule has 0 aliphatic rings. The zero-order valence-electron chi connectivity index (χ0n) is 11.6. The van der Waals surface area contributed by atoms with Gasteiger partial charge in [0.15, 0.2) is 0 Å². The molecule has 0 amide bonds. The predicted octanol–water partition coefficient (Wildman–Crippen LogP) is 4.64. The zero-order chi connectivity index (χ0) is 14.7. The van der Waals surface area contributed by atoms with E-state index in [4.69, 9.17) is 9.47 Å². The van der Waals surface area contributed by atoms with Gasteiger partial charge in [-0.05, 0) is 19.1 Å². The minimum absolute atomic E-state index is 0.275. The SMILES string of the molecule is COc1ccc(C(Br)c2cc(C)ccc2OC)c(F)c1. The third-order valence-corrected chi connectivity index (χ3v) is 4.13. The van der Waals surface area contributed by atoms with Gasteiger partial charge in [0.2, 0.25) is 0 Å². The Morgan fingerprint density at radius 1 is 1.00 bits per heavy atom. The molecule has 4 heteroatoms. The molecule has 0 radical (unpaired) electrons. The summed E-state index contributed by atoms with van der Waals surface area (Å²) in [5.74, 6) is 0.921. The highest BCUT2D eigenvalue weighted by Gasteiger charge is 2.19. The van der Waals surface area contributed by atoms with Crippen molar-refractivity contribution in [3.05, 3.63) is 58.9 Å². The summed E-state index contributed by atoms with van der Waals surface area (Å²) in [6.07, 6.45) is 0. The summed E-state index contributed by atoms with van der Waals surface area (Å²) in [4.78, 5) is -0.275. The number of rotatable bonds is 4. The molecule has 0 saturated carbocycles. The van der Waals surface area contributed by atoms with Gasteiger partial charge < -0.3 is 9.47 Å². The highest BCUT2D eigenvalue weighted by molar-refractivity contribution is 9.09. The number of halogens is 2. The van der Waals surface area contributed by atoms with Gasteiger partial charge in [-0.25, -0.2) is 4.39 Å². The standard InChI is InChI=1S/C16H16BrFO2/c1-10-4-7-15(20-3)13(8-10)16(17)12-6-5-11(19-2)9-14(12)18/h4-9,16H,1-3H3. The van der Waals surface area contributed by atoms with Gasteiger partial charge in [0.05, 0.1) is 19.0 Å². The Morgan fingerprint density at radius 3 is 2.35 bits per heavy atom. The Hall–Kier alpha value is -1.55. The van der Waals surface area contributed by atoms with Gasteiger partial charge in [-0.1, -0.05) is 39.7 Å². The first-order valence-electron chi connectivity index (χ1n) is 6.19. The molecule has 0 saturated heterocycles. The molecule has 2 nitrogen and oxygen atoms in total. The van der Waals surface area contributed by atoms with Crippen molar-refractivity contribution < 1.29 is 13.9 Å². The van der Waals surface area contributed by atoms with Crippen LogP contribution in [-0.4, -0.2) is 14.2 Å². The second-order valence-corrected chi connectivity index (χ2v) is 5.41. The van der Waals surface area contributed by atoms with Crippen LogP contribution in [0.4, 0.5) is 4.39 Å². The molecule has 0 bridgehead atoms. The van der Waals surface area contributed by atoms with Gasteiger partial charge in [0, 0.05) is 17.2 Å². The van der Waals surface area contributed by atoms with Crippen LogP contribution in [0.25, 0.3) is 0 Å². The van der Waals surface area contributed by atoms with E-state index in [0.717, 1.165) is 16.9 Å². The largest absolute Gasteiger partial charge is 0.497 e. The van der Waals surface area contributed by atoms with Crippen molar-refractivity contribution in [2.45, 2.75) is 11.8 Å². The van der Waals surface area contributed by atoms with Crippen LogP contribution in [0.1, 0.15) is 21.5 Å². The van der Waals surface area contributed by atoms with E-state index in [1.54, 1.807) is 19.2 Å². The molecule has 0 spiro atoms. The van der Waals surface area contributed by atoms with Gasteiger partial charge in [0.1, 0.15) is 17.3 Å². The molecule has 1 atom stereocenters. The number of hydrogen-bond acceptors (Lipinski definition) is 2. The third kappa shape index (κ3) is 2.96. The summed E-state index contributed by atoms with van der Waals surface area (Å²) in [6, 6.07) is 10.7. The number of hydrogen-bond donors (Lipinski definition) is 0. The minimum atomic E-state index is -0.310. The molecule has 106 valence electrons. The Kier molecular flexibility index (Phi) is 4.65. The molecule has 2 aromatic carbocycles. The summed E-state index contributed by atoms with van der Waals surface area (Å²) in [6.45, 7) is 1.99. The van der Waals surface area contributed by atoms with Crippen LogP contribution in [0, 0.1) is 12.7 Å². The maximum absolute atomic E-state index is 14.2. The molecule has 0 aromatic heterocycles. The average molecular weight is 339 g/mol. The van der Waals surface area contributed by atoms with Crippen molar-refractivity contribution in [3.8, 4) is 11.5 Å². The molecule has 2 rings (SSSR count). The van der Waals surface area contributed by atoms with E-state index in [0.29, 0.717) is 11.3 Å². The van der Waals surface area contributed by atoms with Crippen LogP contribution in [-0.2, 0) is 0 Å². The molecule has 0 N–H and O–H groups in total. The number of methoxy groups -OCH3 is 2. The Morgan fingerprint density at radius 2 is 1.75 bits per heavy atom. The van der Waals surface area contributed by atoms with Crippen molar-refractivity contribution in [1.82, 2.24) is 0 Å². The van der Waals surface area contributed by atoms with Crippen LogP contribution in [0.3, 0.4) is 0 Å². The van der Waals surface area contributed by atoms with Crippen LogP contribution < -0.4 is 9.47 Å². The molecular weight excluding hydrogens is 323 g/mol. The van der Waals surface area contributed by atoms with E-state index in [1.165, 1.54) is 13.2 Å². The van der Waals surface area contributed by atoms with Crippen molar-refractivity contribution >= 4 is 15.9 Å². The second kappa shape index (κ2) is 6.27. The van der Waals surface area contributed by atoms with E-state index in [9.17, 15) is 4.39 Å². The van der Waals surface area contributed by atoms with E-state index in [1.807, 2.05) is 25.1 Å². The van der Waals surface area contributed by atoms with Crippen molar-refractivity contribution in [2.75, 3.05) is 14.2 Å². The van der Waals surface area contributed by atoms with Gasteiger partial charge >= 0.3 is 0 Å². The molecular formula is C16H16BrFO2. The number of benzene rings is 2. The quantitative estimate of drug-likeness (QED) is 0.756. The molecule has 20 heavy (non-hydrogen) atoms. The number of aryl methyl sites for hydroxylation is 1. The number of alkyl halides is 1. The van der Waals surface area contributed by atoms with E-state index < -0.39 is 0 Å². The van der Waals surface area contributed by atoms with Gasteiger partial charge in [-0.2, -0.15) is 0 Å². The molecule has 0 fully saturated rings. The monoisotopic (exact) mass is 338 g/mol. The van der Waals surface area contributed by atoms with Crippen LogP contribution in [0.2, 0.25) is 0 Å². The van der Waals surface area contributed by atoms with Crippen LogP contribution >= 0.6 is 15.9 Å². The van der Waals surface area contributed by atoms with Crippen LogP contribution in [0.15, 0.2) is 36.4 Å². The first-order chi connectivity index (χ1) is 9.56. The summed E-state index contributed by atoms with van der Waals surface area (Å²) in [5.41, 5.74) is 2.55. The summed E-state index contributed by atoms with van der Waals surface area (Å²) < 4.78 is 24.5. The molecule has 0 aliphatic carbocycles. The normalized spacial score (nSPS) is 12.1. The molecule has 0 aliphatic heterocycles. The lowest BCUT2D eigenvalue weighted by Gasteiger charge is -2.16. The van der Waals surface area contributed by atoms with Crippen molar-refractivity contribution in [1.29, 1.82) is 0 Å². The van der Waals surface area contributed by atoms with E-state index >= 15 is 0 Å². The van der Waals surface area contributed by atoms with Crippen LogP contribution in [0.5, 0.6) is 11.5 Å². The third-order valence-electron chi connectivity index (χ3n) is 3.14. The van der Waals surface area contributed by atoms with E-state index in [2.05, 4.69) is 15.9 Å². The maximum atomic E-state index is 14.2.